The fourth-order valence-electron chi connectivity index (χ4n) is 1.23. The van der Waals surface area contributed by atoms with Gasteiger partial charge in [-0.05, 0) is 27.7 Å². The van der Waals surface area contributed by atoms with Crippen molar-refractivity contribution in [1.29, 1.82) is 0 Å². The lowest BCUT2D eigenvalue weighted by molar-refractivity contribution is 0.0636. The summed E-state index contributed by atoms with van der Waals surface area (Å²) in [5, 5.41) is 2.36. The number of hydrogen-bond donors (Lipinski definition) is 1. The summed E-state index contributed by atoms with van der Waals surface area (Å²) in [5.41, 5.74) is -0.486. The van der Waals surface area contributed by atoms with Crippen molar-refractivity contribution in [2.45, 2.75) is 33.3 Å². The zero-order chi connectivity index (χ0) is 13.9. The van der Waals surface area contributed by atoms with Gasteiger partial charge in [-0.3, -0.25) is 10.1 Å². The predicted molar refractivity (Wildman–Crippen MR) is 64.1 cm³/mol. The summed E-state index contributed by atoms with van der Waals surface area (Å²) in [7, 11) is 0. The topological polar surface area (TPSA) is 68.3 Å². The molecule has 0 aliphatic rings. The number of carbonyl (C=O) groups is 2. The fraction of sp³-hybridized carbons (Fsp3) is 0.417. The zero-order valence-electron chi connectivity index (χ0n) is 10.7. The normalized spacial score (nSPS) is 10.9. The molecule has 0 saturated heterocycles. The van der Waals surface area contributed by atoms with Gasteiger partial charge < -0.3 is 4.74 Å². The largest absolute Gasteiger partial charge is 0.444 e. The Morgan fingerprint density at radius 3 is 2.50 bits per heavy atom. The van der Waals surface area contributed by atoms with Gasteiger partial charge in [-0.1, -0.05) is 0 Å². The highest BCUT2D eigenvalue weighted by Gasteiger charge is 2.18. The Labute approximate surface area is 104 Å². The van der Waals surface area contributed by atoms with Crippen molar-refractivity contribution in [3.05, 3.63) is 23.8 Å². The van der Waals surface area contributed by atoms with Crippen LogP contribution in [-0.4, -0.2) is 22.5 Å². The van der Waals surface area contributed by atoms with Crippen molar-refractivity contribution in [3.8, 4) is 0 Å². The van der Waals surface area contributed by atoms with Crippen molar-refractivity contribution in [2.75, 3.05) is 5.32 Å². The smallest absolute Gasteiger partial charge is 0.412 e. The number of pyridine rings is 1. The standard InChI is InChI=1S/C12H15FN2O3/c1-7(16)8-5-10(13)14-6-9(8)15-11(17)18-12(2,3)4/h5-6H,1-4H3,(H,15,17). The molecule has 0 aromatic carbocycles. The zero-order valence-corrected chi connectivity index (χ0v) is 10.7. The average Bonchev–Trinajstić information content (AvgIpc) is 2.17. The molecule has 0 bridgehead atoms. The summed E-state index contributed by atoms with van der Waals surface area (Å²) in [6.07, 6.45) is 0.356. The lowest BCUT2D eigenvalue weighted by Gasteiger charge is -2.20. The first-order valence-corrected chi connectivity index (χ1v) is 5.35. The van der Waals surface area contributed by atoms with Crippen LogP contribution in [0.4, 0.5) is 14.9 Å². The van der Waals surface area contributed by atoms with E-state index in [1.807, 2.05) is 0 Å². The Morgan fingerprint density at radius 2 is 2.00 bits per heavy atom. The molecule has 1 heterocycles. The molecule has 0 aliphatic carbocycles. The molecule has 0 radical (unpaired) electrons. The van der Waals surface area contributed by atoms with E-state index >= 15 is 0 Å². The third-order valence-electron chi connectivity index (χ3n) is 1.89. The summed E-state index contributed by atoms with van der Waals surface area (Å²) in [4.78, 5) is 26.2. The van der Waals surface area contributed by atoms with Gasteiger partial charge in [0.15, 0.2) is 5.78 Å². The second-order valence-electron chi connectivity index (χ2n) is 4.74. The third kappa shape index (κ3) is 4.12. The number of ether oxygens (including phenoxy) is 1. The average molecular weight is 254 g/mol. The lowest BCUT2D eigenvalue weighted by Crippen LogP contribution is -2.27. The van der Waals surface area contributed by atoms with Crippen LogP contribution in [0.25, 0.3) is 0 Å². The van der Waals surface area contributed by atoms with Gasteiger partial charge in [0.05, 0.1) is 11.9 Å². The number of halogens is 1. The molecule has 18 heavy (non-hydrogen) atoms. The molecule has 1 rings (SSSR count). The second kappa shape index (κ2) is 5.12. The predicted octanol–water partition coefficient (Wildman–Crippen LogP) is 2.77. The molecular weight excluding hydrogens is 239 g/mol. The van der Waals surface area contributed by atoms with Crippen molar-refractivity contribution >= 4 is 17.6 Å². The van der Waals surface area contributed by atoms with Gasteiger partial charge >= 0.3 is 6.09 Å². The number of amides is 1. The quantitative estimate of drug-likeness (QED) is 0.650. The lowest BCUT2D eigenvalue weighted by atomic mass is 10.1. The molecule has 6 heteroatoms. The molecule has 0 spiro atoms. The molecule has 0 aliphatic heterocycles. The number of ketones is 1. The van der Waals surface area contributed by atoms with Crippen LogP contribution >= 0.6 is 0 Å². The number of nitrogens with zero attached hydrogens (tertiary/aromatic N) is 1. The van der Waals surface area contributed by atoms with E-state index in [0.29, 0.717) is 0 Å². The molecule has 1 N–H and O–H groups in total. The van der Waals surface area contributed by atoms with Gasteiger partial charge in [-0.25, -0.2) is 9.78 Å². The van der Waals surface area contributed by atoms with E-state index in [4.69, 9.17) is 4.74 Å². The summed E-state index contributed by atoms with van der Waals surface area (Å²) >= 11 is 0. The number of Topliss-reactive ketones (excluding diaryl/α,β-unsaturated/α-hetero) is 1. The van der Waals surface area contributed by atoms with Crippen molar-refractivity contribution in [1.82, 2.24) is 4.98 Å². The summed E-state index contributed by atoms with van der Waals surface area (Å²) < 4.78 is 17.9. The number of carbonyl (C=O) groups excluding carboxylic acids is 2. The van der Waals surface area contributed by atoms with Crippen LogP contribution in [-0.2, 0) is 4.74 Å². The Bertz CT molecular complexity index is 481. The van der Waals surface area contributed by atoms with Gasteiger partial charge in [0.1, 0.15) is 5.60 Å². The summed E-state index contributed by atoms with van der Waals surface area (Å²) in [6.45, 7) is 6.40. The Hall–Kier alpha value is -1.98. The van der Waals surface area contributed by atoms with Gasteiger partial charge in [-0.2, -0.15) is 4.39 Å². The van der Waals surface area contributed by atoms with Gasteiger partial charge in [0, 0.05) is 11.6 Å². The molecule has 5 nitrogen and oxygen atoms in total. The van der Waals surface area contributed by atoms with Crippen molar-refractivity contribution in [3.63, 3.8) is 0 Å². The number of hydrogen-bond acceptors (Lipinski definition) is 4. The molecule has 1 aromatic rings. The number of anilines is 1. The van der Waals surface area contributed by atoms with Gasteiger partial charge in [0.2, 0.25) is 5.95 Å². The number of rotatable bonds is 2. The minimum atomic E-state index is -0.782. The molecule has 0 unspecified atom stereocenters. The highest BCUT2D eigenvalue weighted by atomic mass is 19.1. The minimum absolute atomic E-state index is 0.0494. The van der Waals surface area contributed by atoms with Crippen LogP contribution in [0.3, 0.4) is 0 Å². The van der Waals surface area contributed by atoms with Crippen LogP contribution < -0.4 is 5.32 Å². The van der Waals surface area contributed by atoms with E-state index in [9.17, 15) is 14.0 Å². The Kier molecular flexibility index (Phi) is 4.00. The number of nitrogens with one attached hydrogen (secondary N) is 1. The Balaban J connectivity index is 2.91. The van der Waals surface area contributed by atoms with Crippen molar-refractivity contribution in [2.24, 2.45) is 0 Å². The summed E-state index contributed by atoms with van der Waals surface area (Å²) in [5.74, 6) is -1.16. The maximum atomic E-state index is 12.9. The number of aromatic nitrogens is 1. The first-order valence-electron chi connectivity index (χ1n) is 5.35. The first-order chi connectivity index (χ1) is 8.19. The van der Waals surface area contributed by atoms with Gasteiger partial charge in [0.25, 0.3) is 0 Å². The monoisotopic (exact) mass is 254 g/mol. The molecule has 0 fully saturated rings. The minimum Gasteiger partial charge on any atom is -0.444 e. The van der Waals surface area contributed by atoms with Gasteiger partial charge in [-0.15, -0.1) is 0 Å². The van der Waals surface area contributed by atoms with E-state index in [2.05, 4.69) is 10.3 Å². The Morgan fingerprint density at radius 1 is 1.39 bits per heavy atom. The fourth-order valence-corrected chi connectivity index (χ4v) is 1.23. The molecule has 98 valence electrons. The van der Waals surface area contributed by atoms with E-state index < -0.39 is 17.6 Å². The third-order valence-corrected chi connectivity index (χ3v) is 1.89. The van der Waals surface area contributed by atoms with Crippen LogP contribution in [0.5, 0.6) is 0 Å². The van der Waals surface area contributed by atoms with E-state index in [1.54, 1.807) is 20.8 Å². The summed E-state index contributed by atoms with van der Waals surface area (Å²) in [6, 6.07) is 0.967. The maximum Gasteiger partial charge on any atom is 0.412 e. The molecular formula is C12H15FN2O3. The molecule has 1 aromatic heterocycles. The highest BCUT2D eigenvalue weighted by Crippen LogP contribution is 2.17. The SMILES string of the molecule is CC(=O)c1cc(F)ncc1NC(=O)OC(C)(C)C. The van der Waals surface area contributed by atoms with E-state index in [1.165, 1.54) is 6.92 Å². The van der Waals surface area contributed by atoms with E-state index in [0.717, 1.165) is 12.3 Å². The maximum absolute atomic E-state index is 12.9. The van der Waals surface area contributed by atoms with Crippen molar-refractivity contribution < 1.29 is 18.7 Å². The molecule has 0 atom stereocenters. The van der Waals surface area contributed by atoms with Crippen LogP contribution in [0.15, 0.2) is 12.3 Å². The first kappa shape index (κ1) is 14.1. The molecule has 1 amide bonds. The highest BCUT2D eigenvalue weighted by molar-refractivity contribution is 6.02. The van der Waals surface area contributed by atoms with Crippen LogP contribution in [0.1, 0.15) is 38.1 Å². The van der Waals surface area contributed by atoms with Crippen LogP contribution in [0, 0.1) is 5.95 Å². The molecule has 0 saturated carbocycles. The van der Waals surface area contributed by atoms with E-state index in [-0.39, 0.29) is 17.0 Å². The second-order valence-corrected chi connectivity index (χ2v) is 4.74. The van der Waals surface area contributed by atoms with Crippen LogP contribution in [0.2, 0.25) is 0 Å².